The van der Waals surface area contributed by atoms with Gasteiger partial charge in [0.2, 0.25) is 5.91 Å². The van der Waals surface area contributed by atoms with Gasteiger partial charge in [-0.05, 0) is 31.6 Å². The number of hydrogen-bond donors (Lipinski definition) is 0. The number of halogens is 1. The minimum atomic E-state index is 0.277. The summed E-state index contributed by atoms with van der Waals surface area (Å²) < 4.78 is 0. The first-order chi connectivity index (χ1) is 8.24. The maximum Gasteiger partial charge on any atom is 0.226 e. The Morgan fingerprint density at radius 2 is 2.00 bits per heavy atom. The van der Waals surface area contributed by atoms with Gasteiger partial charge in [0.25, 0.3) is 0 Å². The summed E-state index contributed by atoms with van der Waals surface area (Å²) >= 11 is 6.04. The molecule has 3 heteroatoms. The molecule has 3 unspecified atom stereocenters. The van der Waals surface area contributed by atoms with Gasteiger partial charge in [0.15, 0.2) is 0 Å². The van der Waals surface area contributed by atoms with Crippen molar-refractivity contribution in [1.82, 2.24) is 4.90 Å². The molecule has 0 bridgehead atoms. The summed E-state index contributed by atoms with van der Waals surface area (Å²) in [6.45, 7) is 3.16. The Balaban J connectivity index is 2.04. The second-order valence-electron chi connectivity index (χ2n) is 5.70. The lowest BCUT2D eigenvalue weighted by Crippen LogP contribution is -2.44. The fraction of sp³-hybridized carbons (Fsp3) is 0.929. The lowest BCUT2D eigenvalue weighted by Gasteiger charge is -2.32. The molecule has 2 nitrogen and oxygen atoms in total. The van der Waals surface area contributed by atoms with Crippen LogP contribution in [0.25, 0.3) is 0 Å². The van der Waals surface area contributed by atoms with Crippen LogP contribution in [0.1, 0.15) is 51.9 Å². The maximum atomic E-state index is 12.6. The Morgan fingerprint density at radius 1 is 1.18 bits per heavy atom. The average molecular weight is 258 g/mol. The molecule has 0 radical (unpaired) electrons. The van der Waals surface area contributed by atoms with Crippen LogP contribution >= 0.6 is 11.6 Å². The first-order valence-corrected chi connectivity index (χ1v) is 7.64. The first kappa shape index (κ1) is 13.2. The van der Waals surface area contributed by atoms with E-state index in [1.54, 1.807) is 0 Å². The normalized spacial score (nSPS) is 34.7. The van der Waals surface area contributed by atoms with Gasteiger partial charge < -0.3 is 4.90 Å². The number of carbonyl (C=O) groups is 1. The number of nitrogens with zero attached hydrogens (tertiary/aromatic N) is 1. The molecule has 2 fully saturated rings. The van der Waals surface area contributed by atoms with Crippen molar-refractivity contribution in [3.63, 3.8) is 0 Å². The van der Waals surface area contributed by atoms with Gasteiger partial charge in [0.05, 0.1) is 0 Å². The number of amides is 1. The predicted octanol–water partition coefficient (Wildman–Crippen LogP) is 3.43. The van der Waals surface area contributed by atoms with Crippen LogP contribution in [-0.4, -0.2) is 29.3 Å². The van der Waals surface area contributed by atoms with Gasteiger partial charge in [-0.3, -0.25) is 4.79 Å². The van der Waals surface area contributed by atoms with Gasteiger partial charge in [0.1, 0.15) is 0 Å². The van der Waals surface area contributed by atoms with E-state index in [1.807, 2.05) is 0 Å². The highest BCUT2D eigenvalue weighted by Gasteiger charge is 2.35. The monoisotopic (exact) mass is 257 g/mol. The smallest absolute Gasteiger partial charge is 0.226 e. The molecule has 0 aromatic carbocycles. The van der Waals surface area contributed by atoms with Crippen molar-refractivity contribution in [3.05, 3.63) is 0 Å². The van der Waals surface area contributed by atoms with Gasteiger partial charge >= 0.3 is 0 Å². The lowest BCUT2D eigenvalue weighted by molar-refractivity contribution is -0.138. The van der Waals surface area contributed by atoms with E-state index >= 15 is 0 Å². The van der Waals surface area contributed by atoms with Crippen molar-refractivity contribution in [2.75, 3.05) is 12.4 Å². The van der Waals surface area contributed by atoms with Gasteiger partial charge in [-0.2, -0.15) is 0 Å². The molecule has 2 rings (SSSR count). The molecule has 1 aliphatic heterocycles. The van der Waals surface area contributed by atoms with E-state index in [0.717, 1.165) is 25.8 Å². The zero-order valence-electron chi connectivity index (χ0n) is 10.8. The van der Waals surface area contributed by atoms with E-state index in [4.69, 9.17) is 11.6 Å². The zero-order chi connectivity index (χ0) is 12.3. The fourth-order valence-corrected chi connectivity index (χ4v) is 3.67. The highest BCUT2D eigenvalue weighted by molar-refractivity contribution is 6.18. The standard InChI is InChI=1S/C14H24ClNO/c1-11-6-5-8-13(11)14(17)16-9-4-2-3-7-12(16)10-15/h11-13H,2-10H2,1H3. The number of carbonyl (C=O) groups excluding carboxylic acids is 1. The Morgan fingerprint density at radius 3 is 2.65 bits per heavy atom. The van der Waals surface area contributed by atoms with Crippen LogP contribution in [0.5, 0.6) is 0 Å². The minimum Gasteiger partial charge on any atom is -0.338 e. The average Bonchev–Trinajstić information content (AvgIpc) is 2.64. The number of hydrogen-bond acceptors (Lipinski definition) is 1. The molecule has 0 spiro atoms. The Labute approximate surface area is 110 Å². The summed E-state index contributed by atoms with van der Waals surface area (Å²) in [6, 6.07) is 0.291. The highest BCUT2D eigenvalue weighted by Crippen LogP contribution is 2.34. The van der Waals surface area contributed by atoms with E-state index in [9.17, 15) is 4.79 Å². The predicted molar refractivity (Wildman–Crippen MR) is 71.2 cm³/mol. The summed E-state index contributed by atoms with van der Waals surface area (Å²) in [5.41, 5.74) is 0. The molecule has 3 atom stereocenters. The molecular formula is C14H24ClNO. The van der Waals surface area contributed by atoms with Gasteiger partial charge in [-0.1, -0.05) is 26.2 Å². The molecule has 1 heterocycles. The summed E-state index contributed by atoms with van der Waals surface area (Å²) in [5.74, 6) is 1.84. The Kier molecular flexibility index (Phi) is 4.72. The van der Waals surface area contributed by atoms with E-state index in [2.05, 4.69) is 11.8 Å². The third-order valence-corrected chi connectivity index (χ3v) is 4.87. The van der Waals surface area contributed by atoms with Crippen LogP contribution in [0.15, 0.2) is 0 Å². The molecule has 98 valence electrons. The molecule has 2 aliphatic rings. The molecule has 1 amide bonds. The molecular weight excluding hydrogens is 234 g/mol. The third-order valence-electron chi connectivity index (χ3n) is 4.52. The van der Waals surface area contributed by atoms with Gasteiger partial charge in [-0.15, -0.1) is 11.6 Å². The van der Waals surface area contributed by atoms with Crippen LogP contribution in [0.3, 0.4) is 0 Å². The lowest BCUT2D eigenvalue weighted by atomic mass is 9.96. The summed E-state index contributed by atoms with van der Waals surface area (Å²) in [5, 5.41) is 0. The molecule has 17 heavy (non-hydrogen) atoms. The molecule has 0 N–H and O–H groups in total. The van der Waals surface area contributed by atoms with E-state index < -0.39 is 0 Å². The number of alkyl halides is 1. The second kappa shape index (κ2) is 6.08. The second-order valence-corrected chi connectivity index (χ2v) is 6.01. The Bertz CT molecular complexity index is 269. The Hall–Kier alpha value is -0.240. The molecule has 0 aromatic rings. The number of likely N-dealkylation sites (tertiary alicyclic amines) is 1. The van der Waals surface area contributed by atoms with Crippen molar-refractivity contribution in [2.24, 2.45) is 11.8 Å². The topological polar surface area (TPSA) is 20.3 Å². The van der Waals surface area contributed by atoms with Crippen LogP contribution in [-0.2, 0) is 4.79 Å². The SMILES string of the molecule is CC1CCCC1C(=O)N1CCCCCC1CCl. The summed E-state index contributed by atoms with van der Waals surface area (Å²) in [7, 11) is 0. The molecule has 1 saturated carbocycles. The summed E-state index contributed by atoms with van der Waals surface area (Å²) in [6.07, 6.45) is 8.24. The first-order valence-electron chi connectivity index (χ1n) is 7.10. The maximum absolute atomic E-state index is 12.6. The van der Waals surface area contributed by atoms with Crippen molar-refractivity contribution in [2.45, 2.75) is 57.9 Å². The van der Waals surface area contributed by atoms with E-state index in [1.165, 1.54) is 25.7 Å². The molecule has 0 aromatic heterocycles. The quantitative estimate of drug-likeness (QED) is 0.694. The van der Waals surface area contributed by atoms with Crippen LogP contribution in [0.2, 0.25) is 0 Å². The van der Waals surface area contributed by atoms with Gasteiger partial charge in [0, 0.05) is 24.4 Å². The molecule has 1 saturated heterocycles. The van der Waals surface area contributed by atoms with E-state index in [-0.39, 0.29) is 5.92 Å². The largest absolute Gasteiger partial charge is 0.338 e. The van der Waals surface area contributed by atoms with Crippen molar-refractivity contribution < 1.29 is 4.79 Å². The third kappa shape index (κ3) is 2.96. The zero-order valence-corrected chi connectivity index (χ0v) is 11.6. The molecule has 1 aliphatic carbocycles. The van der Waals surface area contributed by atoms with Gasteiger partial charge in [-0.25, -0.2) is 0 Å². The minimum absolute atomic E-state index is 0.277. The number of rotatable bonds is 2. The highest BCUT2D eigenvalue weighted by atomic mass is 35.5. The fourth-order valence-electron chi connectivity index (χ4n) is 3.35. The van der Waals surface area contributed by atoms with Crippen LogP contribution in [0.4, 0.5) is 0 Å². The summed E-state index contributed by atoms with van der Waals surface area (Å²) in [4.78, 5) is 14.7. The van der Waals surface area contributed by atoms with Crippen molar-refractivity contribution in [3.8, 4) is 0 Å². The van der Waals surface area contributed by atoms with Crippen molar-refractivity contribution >= 4 is 17.5 Å². The van der Waals surface area contributed by atoms with Crippen molar-refractivity contribution in [1.29, 1.82) is 0 Å². The van der Waals surface area contributed by atoms with E-state index in [0.29, 0.717) is 23.7 Å². The van der Waals surface area contributed by atoms with Crippen LogP contribution < -0.4 is 0 Å². The van der Waals surface area contributed by atoms with Crippen LogP contribution in [0, 0.1) is 11.8 Å².